The fourth-order valence-corrected chi connectivity index (χ4v) is 4.05. The first-order valence-corrected chi connectivity index (χ1v) is 10.9. The van der Waals surface area contributed by atoms with E-state index < -0.39 is 23.3 Å². The number of carbonyl (C=O) groups is 2. The second-order valence-electron chi connectivity index (χ2n) is 8.18. The lowest BCUT2D eigenvalue weighted by Crippen LogP contribution is -2.13. The van der Waals surface area contributed by atoms with Crippen LogP contribution in [0.3, 0.4) is 0 Å². The normalized spacial score (nSPS) is 11.1. The van der Waals surface area contributed by atoms with Gasteiger partial charge in [-0.05, 0) is 49.4 Å². The molecule has 0 bridgehead atoms. The van der Waals surface area contributed by atoms with Gasteiger partial charge in [0.1, 0.15) is 11.6 Å². The summed E-state index contributed by atoms with van der Waals surface area (Å²) in [5.74, 6) is -2.64. The average Bonchev–Trinajstić information content (AvgIpc) is 3.13. The van der Waals surface area contributed by atoms with Gasteiger partial charge in [0.2, 0.25) is 5.78 Å². The molecule has 0 saturated carbocycles. The third-order valence-corrected chi connectivity index (χ3v) is 5.85. The van der Waals surface area contributed by atoms with E-state index in [0.29, 0.717) is 5.56 Å². The highest BCUT2D eigenvalue weighted by atomic mass is 19.1. The monoisotopic (exact) mass is 454 g/mol. The third kappa shape index (κ3) is 5.20. The van der Waals surface area contributed by atoms with Crippen LogP contribution < -0.4 is 5.73 Å². The zero-order valence-corrected chi connectivity index (χ0v) is 18.8. The number of carbonyl (C=O) groups excluding carboxylic acids is 2. The van der Waals surface area contributed by atoms with Crippen molar-refractivity contribution in [2.24, 2.45) is 12.8 Å². The maximum absolute atomic E-state index is 14.8. The Bertz CT molecular complexity index is 1170. The summed E-state index contributed by atoms with van der Waals surface area (Å²) in [6.07, 6.45) is 5.99. The van der Waals surface area contributed by atoms with E-state index in [9.17, 15) is 18.4 Å². The Morgan fingerprint density at radius 2 is 1.58 bits per heavy atom. The van der Waals surface area contributed by atoms with Gasteiger partial charge in [-0.25, -0.2) is 8.78 Å². The van der Waals surface area contributed by atoms with Crippen molar-refractivity contribution in [1.82, 2.24) is 4.57 Å². The van der Waals surface area contributed by atoms with Gasteiger partial charge < -0.3 is 15.4 Å². The van der Waals surface area contributed by atoms with E-state index >= 15 is 0 Å². The lowest BCUT2D eigenvalue weighted by Gasteiger charge is -2.13. The minimum Gasteiger partial charge on any atom is -0.396 e. The summed E-state index contributed by atoms with van der Waals surface area (Å²) in [4.78, 5) is 25.5. The number of hydrogen-bond donors (Lipinski definition) is 2. The first-order valence-electron chi connectivity index (χ1n) is 10.9. The highest BCUT2D eigenvalue weighted by Gasteiger charge is 2.28. The second kappa shape index (κ2) is 10.5. The van der Waals surface area contributed by atoms with Crippen LogP contribution in [0.25, 0.3) is 11.1 Å². The van der Waals surface area contributed by atoms with Crippen LogP contribution in [0.1, 0.15) is 63.2 Å². The van der Waals surface area contributed by atoms with E-state index in [2.05, 4.69) is 0 Å². The molecule has 1 heterocycles. The van der Waals surface area contributed by atoms with Crippen molar-refractivity contribution in [3.8, 4) is 11.1 Å². The predicted octanol–water partition coefficient (Wildman–Crippen LogP) is 4.70. The van der Waals surface area contributed by atoms with E-state index in [4.69, 9.17) is 10.8 Å². The molecule has 7 heteroatoms. The molecule has 0 spiro atoms. The van der Waals surface area contributed by atoms with Crippen molar-refractivity contribution in [3.63, 3.8) is 0 Å². The summed E-state index contributed by atoms with van der Waals surface area (Å²) in [6, 6.07) is 9.10. The molecule has 3 aromatic rings. The first kappa shape index (κ1) is 24.3. The zero-order chi connectivity index (χ0) is 24.1. The van der Waals surface area contributed by atoms with Crippen LogP contribution in [-0.4, -0.2) is 28.0 Å². The van der Waals surface area contributed by atoms with Gasteiger partial charge in [0.25, 0.3) is 5.91 Å². The van der Waals surface area contributed by atoms with Crippen LogP contribution in [0.4, 0.5) is 8.78 Å². The Labute approximate surface area is 191 Å². The number of aromatic nitrogens is 1. The Balaban J connectivity index is 1.98. The highest BCUT2D eigenvalue weighted by molar-refractivity contribution is 6.15. The lowest BCUT2D eigenvalue weighted by atomic mass is 9.92. The van der Waals surface area contributed by atoms with Gasteiger partial charge in [-0.1, -0.05) is 37.1 Å². The second-order valence-corrected chi connectivity index (χ2v) is 8.18. The van der Waals surface area contributed by atoms with E-state index in [1.165, 1.54) is 17.7 Å². The SMILES string of the molecule is Cc1c(F)ccc(F)c1-c1c(C(N)=O)cn(C)c1C(=O)c1ccc(CCCCCCO)cc1. The number of ketones is 1. The number of unbranched alkanes of at least 4 members (excludes halogenated alkanes) is 3. The fraction of sp³-hybridized carbons (Fsp3) is 0.308. The predicted molar refractivity (Wildman–Crippen MR) is 123 cm³/mol. The van der Waals surface area contributed by atoms with Crippen LogP contribution in [-0.2, 0) is 13.5 Å². The summed E-state index contributed by atoms with van der Waals surface area (Å²) < 4.78 is 30.5. The van der Waals surface area contributed by atoms with E-state index in [-0.39, 0.29) is 34.6 Å². The Hall–Kier alpha value is -3.32. The summed E-state index contributed by atoms with van der Waals surface area (Å²) in [6.45, 7) is 1.60. The smallest absolute Gasteiger partial charge is 0.250 e. The van der Waals surface area contributed by atoms with Crippen molar-refractivity contribution in [3.05, 3.63) is 82.2 Å². The average molecular weight is 455 g/mol. The molecule has 2 aromatic carbocycles. The highest BCUT2D eigenvalue weighted by Crippen LogP contribution is 2.36. The molecule has 1 aromatic heterocycles. The quantitative estimate of drug-likeness (QED) is 0.344. The topological polar surface area (TPSA) is 85.3 Å². The van der Waals surface area contributed by atoms with Crippen molar-refractivity contribution >= 4 is 11.7 Å². The molecule has 0 atom stereocenters. The van der Waals surface area contributed by atoms with Crippen LogP contribution in [0.2, 0.25) is 0 Å². The minimum atomic E-state index is -0.834. The third-order valence-electron chi connectivity index (χ3n) is 5.85. The number of rotatable bonds is 10. The van der Waals surface area contributed by atoms with Crippen molar-refractivity contribution < 1.29 is 23.5 Å². The molecule has 3 rings (SSSR count). The van der Waals surface area contributed by atoms with Gasteiger partial charge >= 0.3 is 0 Å². The molecule has 0 aliphatic rings. The number of nitrogens with zero attached hydrogens (tertiary/aromatic N) is 1. The summed E-state index contributed by atoms with van der Waals surface area (Å²) in [5, 5.41) is 8.85. The number of nitrogens with two attached hydrogens (primary N) is 1. The Morgan fingerprint density at radius 1 is 0.939 bits per heavy atom. The van der Waals surface area contributed by atoms with Crippen molar-refractivity contribution in [2.75, 3.05) is 6.61 Å². The number of benzene rings is 2. The van der Waals surface area contributed by atoms with Crippen LogP contribution in [0, 0.1) is 18.6 Å². The number of aliphatic hydroxyl groups excluding tert-OH is 1. The molecule has 3 N–H and O–H groups in total. The maximum Gasteiger partial charge on any atom is 0.250 e. The molecule has 0 fully saturated rings. The number of hydrogen-bond acceptors (Lipinski definition) is 3. The number of aliphatic hydroxyl groups is 1. The molecule has 33 heavy (non-hydrogen) atoms. The minimum absolute atomic E-state index is 0.00235. The molecule has 0 saturated heterocycles. The van der Waals surface area contributed by atoms with Crippen molar-refractivity contribution in [1.29, 1.82) is 0 Å². The number of aryl methyl sites for hydroxylation is 2. The van der Waals surface area contributed by atoms with Gasteiger partial charge in [0.15, 0.2) is 0 Å². The number of halogens is 2. The molecule has 1 amide bonds. The van der Waals surface area contributed by atoms with Crippen LogP contribution in [0.5, 0.6) is 0 Å². The molecular formula is C26H28F2N2O3. The standard InChI is InChI=1S/C26H28F2N2O3/c1-16-20(27)12-13-21(28)22(16)23-19(26(29)33)15-30(2)24(23)25(32)18-10-8-17(9-11-18)7-5-3-4-6-14-31/h8-13,15,31H,3-7,14H2,1-2H3,(H2,29,33). The Kier molecular flexibility index (Phi) is 7.76. The first-order chi connectivity index (χ1) is 15.8. The molecular weight excluding hydrogens is 426 g/mol. The van der Waals surface area contributed by atoms with Gasteiger partial charge in [-0.15, -0.1) is 0 Å². The largest absolute Gasteiger partial charge is 0.396 e. The molecule has 0 unspecified atom stereocenters. The van der Waals surface area contributed by atoms with Gasteiger partial charge in [-0.2, -0.15) is 0 Å². The van der Waals surface area contributed by atoms with Gasteiger partial charge in [0, 0.05) is 36.5 Å². The van der Waals surface area contributed by atoms with Gasteiger partial charge in [-0.3, -0.25) is 9.59 Å². The zero-order valence-electron chi connectivity index (χ0n) is 18.8. The van der Waals surface area contributed by atoms with Gasteiger partial charge in [0.05, 0.1) is 11.3 Å². The fourth-order valence-electron chi connectivity index (χ4n) is 4.05. The molecule has 0 aliphatic carbocycles. The van der Waals surface area contributed by atoms with E-state index in [1.807, 2.05) is 12.1 Å². The maximum atomic E-state index is 14.8. The lowest BCUT2D eigenvalue weighted by molar-refractivity contribution is 0.0999. The summed E-state index contributed by atoms with van der Waals surface area (Å²) in [5.41, 5.74) is 6.82. The number of primary amides is 1. The molecule has 174 valence electrons. The molecule has 0 radical (unpaired) electrons. The van der Waals surface area contributed by atoms with E-state index in [1.54, 1.807) is 19.2 Å². The molecule has 5 nitrogen and oxygen atoms in total. The number of amides is 1. The molecule has 0 aliphatic heterocycles. The van der Waals surface area contributed by atoms with E-state index in [0.717, 1.165) is 49.8 Å². The summed E-state index contributed by atoms with van der Waals surface area (Å²) >= 11 is 0. The van der Waals surface area contributed by atoms with Crippen LogP contribution >= 0.6 is 0 Å². The summed E-state index contributed by atoms with van der Waals surface area (Å²) in [7, 11) is 1.57. The van der Waals surface area contributed by atoms with Crippen molar-refractivity contribution in [2.45, 2.75) is 39.0 Å². The van der Waals surface area contributed by atoms with Crippen LogP contribution in [0.15, 0.2) is 42.6 Å². The Morgan fingerprint density at radius 3 is 2.21 bits per heavy atom.